The zero-order valence-corrected chi connectivity index (χ0v) is 8.65. The highest BCUT2D eigenvalue weighted by molar-refractivity contribution is 5.95. The van der Waals surface area contributed by atoms with Crippen LogP contribution in [0.2, 0.25) is 0 Å². The molecule has 0 amide bonds. The highest BCUT2D eigenvalue weighted by atomic mass is 16.3. The van der Waals surface area contributed by atoms with Gasteiger partial charge < -0.3 is 10.1 Å². The Bertz CT molecular complexity index is 321. The molecular weight excluding hydrogens is 192 g/mol. The lowest BCUT2D eigenvalue weighted by Gasteiger charge is -2.29. The molecule has 0 aliphatic carbocycles. The molecule has 0 aromatic carbocycles. The number of hydrogen-bond donors (Lipinski definition) is 2. The Morgan fingerprint density at radius 3 is 3.20 bits per heavy atom. The van der Waals surface area contributed by atoms with E-state index < -0.39 is 0 Å². The summed E-state index contributed by atoms with van der Waals surface area (Å²) in [6.45, 7) is 1.92. The summed E-state index contributed by atoms with van der Waals surface area (Å²) in [5.41, 5.74) is 0.648. The van der Waals surface area contributed by atoms with Gasteiger partial charge in [0.1, 0.15) is 0 Å². The maximum Gasteiger partial charge on any atom is 0.192 e. The third-order valence-electron chi connectivity index (χ3n) is 2.75. The molecule has 15 heavy (non-hydrogen) atoms. The minimum atomic E-state index is -0.268. The number of piperidine rings is 1. The van der Waals surface area contributed by atoms with E-state index in [1.54, 1.807) is 12.3 Å². The van der Waals surface area contributed by atoms with Crippen molar-refractivity contribution < 1.29 is 9.90 Å². The van der Waals surface area contributed by atoms with Crippen LogP contribution in [0.25, 0.3) is 0 Å². The summed E-state index contributed by atoms with van der Waals surface area (Å²) in [4.78, 5) is 16.6. The van der Waals surface area contributed by atoms with Crippen LogP contribution in [-0.4, -0.2) is 46.5 Å². The first-order chi connectivity index (χ1) is 7.25. The Labute approximate surface area is 88.9 Å². The Kier molecular flexibility index (Phi) is 3.18. The maximum absolute atomic E-state index is 11.7. The van der Waals surface area contributed by atoms with Crippen molar-refractivity contribution in [2.75, 3.05) is 19.6 Å². The van der Waals surface area contributed by atoms with Crippen molar-refractivity contribution in [3.63, 3.8) is 0 Å². The van der Waals surface area contributed by atoms with Crippen LogP contribution in [0.5, 0.6) is 0 Å². The third kappa shape index (κ3) is 2.67. The van der Waals surface area contributed by atoms with Gasteiger partial charge in [-0.1, -0.05) is 0 Å². The number of rotatable bonds is 3. The summed E-state index contributed by atoms with van der Waals surface area (Å²) in [6, 6.07) is 3.60. The highest BCUT2D eigenvalue weighted by Crippen LogP contribution is 2.10. The average Bonchev–Trinajstić information content (AvgIpc) is 2.70. The highest BCUT2D eigenvalue weighted by Gasteiger charge is 2.20. The van der Waals surface area contributed by atoms with Crippen LogP contribution in [0.4, 0.5) is 0 Å². The van der Waals surface area contributed by atoms with Crippen molar-refractivity contribution >= 4 is 5.78 Å². The van der Waals surface area contributed by atoms with Crippen molar-refractivity contribution in [1.29, 1.82) is 0 Å². The molecule has 0 radical (unpaired) electrons. The standard InChI is InChI=1S/C11H16N2O2/c14-9-3-2-6-13(7-9)8-11(15)10-4-1-5-12-10/h1,4-5,9,12,14H,2-3,6-8H2. The molecule has 1 aliphatic rings. The van der Waals surface area contributed by atoms with Crippen molar-refractivity contribution in [2.24, 2.45) is 0 Å². The van der Waals surface area contributed by atoms with Crippen molar-refractivity contribution in [2.45, 2.75) is 18.9 Å². The van der Waals surface area contributed by atoms with Gasteiger partial charge in [0, 0.05) is 12.7 Å². The van der Waals surface area contributed by atoms with E-state index in [1.807, 2.05) is 11.0 Å². The molecule has 1 aromatic rings. The fraction of sp³-hybridized carbons (Fsp3) is 0.545. The number of carbonyl (C=O) groups is 1. The van der Waals surface area contributed by atoms with E-state index in [9.17, 15) is 9.90 Å². The summed E-state index contributed by atoms with van der Waals surface area (Å²) in [6.07, 6.45) is 3.31. The molecule has 0 spiro atoms. The number of ketones is 1. The minimum Gasteiger partial charge on any atom is -0.392 e. The van der Waals surface area contributed by atoms with Crippen molar-refractivity contribution in [3.8, 4) is 0 Å². The fourth-order valence-electron chi connectivity index (χ4n) is 1.97. The predicted molar refractivity (Wildman–Crippen MR) is 56.8 cm³/mol. The second kappa shape index (κ2) is 4.59. The van der Waals surface area contributed by atoms with Gasteiger partial charge in [-0.05, 0) is 31.5 Å². The average molecular weight is 208 g/mol. The number of Topliss-reactive ketones (excluding diaryl/α,β-unsaturated/α-hetero) is 1. The van der Waals surface area contributed by atoms with Gasteiger partial charge in [0.05, 0.1) is 18.3 Å². The van der Waals surface area contributed by atoms with E-state index in [0.717, 1.165) is 19.4 Å². The Balaban J connectivity index is 1.89. The molecule has 2 N–H and O–H groups in total. The van der Waals surface area contributed by atoms with E-state index in [2.05, 4.69) is 4.98 Å². The molecule has 2 rings (SSSR count). The van der Waals surface area contributed by atoms with Gasteiger partial charge >= 0.3 is 0 Å². The lowest BCUT2D eigenvalue weighted by molar-refractivity contribution is 0.0632. The first kappa shape index (κ1) is 10.4. The van der Waals surface area contributed by atoms with Crippen LogP contribution in [0.3, 0.4) is 0 Å². The molecule has 1 saturated heterocycles. The van der Waals surface area contributed by atoms with Crippen LogP contribution in [0.15, 0.2) is 18.3 Å². The second-order valence-electron chi connectivity index (χ2n) is 4.04. The molecule has 1 unspecified atom stereocenters. The van der Waals surface area contributed by atoms with E-state index in [0.29, 0.717) is 18.8 Å². The number of aliphatic hydroxyl groups excluding tert-OH is 1. The Morgan fingerprint density at radius 1 is 1.67 bits per heavy atom. The first-order valence-electron chi connectivity index (χ1n) is 5.33. The number of aliphatic hydroxyl groups is 1. The second-order valence-corrected chi connectivity index (χ2v) is 4.04. The monoisotopic (exact) mass is 208 g/mol. The lowest BCUT2D eigenvalue weighted by Crippen LogP contribution is -2.41. The number of likely N-dealkylation sites (tertiary alicyclic amines) is 1. The SMILES string of the molecule is O=C(CN1CCCC(O)C1)c1ccc[nH]1. The molecule has 82 valence electrons. The number of hydrogen-bond acceptors (Lipinski definition) is 3. The predicted octanol–water partition coefficient (Wildman–Crippen LogP) is 0.654. The van der Waals surface area contributed by atoms with Crippen molar-refractivity contribution in [1.82, 2.24) is 9.88 Å². The third-order valence-corrected chi connectivity index (χ3v) is 2.75. The summed E-state index contributed by atoms with van der Waals surface area (Å²) in [5.74, 6) is 0.0918. The summed E-state index contributed by atoms with van der Waals surface area (Å²) >= 11 is 0. The number of aromatic nitrogens is 1. The van der Waals surface area contributed by atoms with Crippen LogP contribution in [0.1, 0.15) is 23.3 Å². The first-order valence-corrected chi connectivity index (χ1v) is 5.33. The molecule has 4 nitrogen and oxygen atoms in total. The number of carbonyl (C=O) groups excluding carboxylic acids is 1. The molecule has 1 aliphatic heterocycles. The van der Waals surface area contributed by atoms with Gasteiger partial charge in [0.2, 0.25) is 0 Å². The fourth-order valence-corrected chi connectivity index (χ4v) is 1.97. The largest absolute Gasteiger partial charge is 0.392 e. The van der Waals surface area contributed by atoms with E-state index in [4.69, 9.17) is 0 Å². The van der Waals surface area contributed by atoms with Crippen molar-refractivity contribution in [3.05, 3.63) is 24.0 Å². The van der Waals surface area contributed by atoms with Crippen LogP contribution >= 0.6 is 0 Å². The van der Waals surface area contributed by atoms with Gasteiger partial charge in [-0.25, -0.2) is 0 Å². The zero-order valence-electron chi connectivity index (χ0n) is 8.65. The summed E-state index contributed by atoms with van der Waals surface area (Å²) in [7, 11) is 0. The van der Waals surface area contributed by atoms with E-state index in [1.165, 1.54) is 0 Å². The van der Waals surface area contributed by atoms with Gasteiger partial charge in [-0.3, -0.25) is 9.69 Å². The number of aromatic amines is 1. The molecule has 4 heteroatoms. The van der Waals surface area contributed by atoms with Gasteiger partial charge in [-0.15, -0.1) is 0 Å². The maximum atomic E-state index is 11.7. The Hall–Kier alpha value is -1.13. The number of nitrogens with zero attached hydrogens (tertiary/aromatic N) is 1. The number of H-pyrrole nitrogens is 1. The normalized spacial score (nSPS) is 22.9. The van der Waals surface area contributed by atoms with Crippen LogP contribution < -0.4 is 0 Å². The van der Waals surface area contributed by atoms with Crippen LogP contribution in [0, 0.1) is 0 Å². The van der Waals surface area contributed by atoms with Crippen LogP contribution in [-0.2, 0) is 0 Å². The molecule has 1 atom stereocenters. The number of nitrogens with one attached hydrogen (secondary N) is 1. The van der Waals surface area contributed by atoms with E-state index >= 15 is 0 Å². The Morgan fingerprint density at radius 2 is 2.53 bits per heavy atom. The smallest absolute Gasteiger partial charge is 0.192 e. The summed E-state index contributed by atoms with van der Waals surface area (Å²) in [5, 5.41) is 9.46. The molecule has 1 fully saturated rings. The topological polar surface area (TPSA) is 56.3 Å². The summed E-state index contributed by atoms with van der Waals surface area (Å²) < 4.78 is 0. The minimum absolute atomic E-state index is 0.0918. The molecular formula is C11H16N2O2. The quantitative estimate of drug-likeness (QED) is 0.717. The van der Waals surface area contributed by atoms with E-state index in [-0.39, 0.29) is 11.9 Å². The zero-order chi connectivity index (χ0) is 10.7. The molecule has 2 heterocycles. The molecule has 0 bridgehead atoms. The molecule has 0 saturated carbocycles. The van der Waals surface area contributed by atoms with Gasteiger partial charge in [0.15, 0.2) is 5.78 Å². The number of β-amino-alcohol motifs (C(OH)–C–C–N with tert-alkyl or cyclic N) is 1. The van der Waals surface area contributed by atoms with Gasteiger partial charge in [0.25, 0.3) is 0 Å². The lowest BCUT2D eigenvalue weighted by atomic mass is 10.1. The molecule has 1 aromatic heterocycles. The van der Waals surface area contributed by atoms with Gasteiger partial charge in [-0.2, -0.15) is 0 Å².